The third-order valence-corrected chi connectivity index (χ3v) is 5.50. The lowest BCUT2D eigenvalue weighted by Crippen LogP contribution is -2.28. The Bertz CT molecular complexity index is 576. The van der Waals surface area contributed by atoms with E-state index < -0.39 is 0 Å². The molecule has 1 fully saturated rings. The fourth-order valence-electron chi connectivity index (χ4n) is 3.18. The molecule has 0 aliphatic heterocycles. The Morgan fingerprint density at radius 2 is 1.67 bits per heavy atom. The van der Waals surface area contributed by atoms with Gasteiger partial charge in [-0.1, -0.05) is 24.3 Å². The monoisotopic (exact) mass is 301 g/mol. The maximum atomic E-state index is 5.75. The van der Waals surface area contributed by atoms with Gasteiger partial charge in [0.15, 0.2) is 4.90 Å². The van der Waals surface area contributed by atoms with Gasteiger partial charge in [-0.3, -0.25) is 0 Å². The van der Waals surface area contributed by atoms with Crippen molar-refractivity contribution < 1.29 is 0 Å². The number of benzene rings is 2. The van der Waals surface area contributed by atoms with Gasteiger partial charge in [0.2, 0.25) is 0 Å². The van der Waals surface area contributed by atoms with Crippen LogP contribution in [0.25, 0.3) is 10.8 Å². The van der Waals surface area contributed by atoms with E-state index >= 15 is 0 Å². The summed E-state index contributed by atoms with van der Waals surface area (Å²) < 4.78 is 3.61. The average Bonchev–Trinajstić information content (AvgIpc) is 2.55. The van der Waals surface area contributed by atoms with E-state index in [0.717, 1.165) is 24.9 Å². The molecule has 2 nitrogen and oxygen atoms in total. The molecule has 0 heterocycles. The number of hydrogen-bond donors (Lipinski definition) is 2. The van der Waals surface area contributed by atoms with Crippen LogP contribution in [0.3, 0.4) is 0 Å². The molecule has 1 saturated carbocycles. The van der Waals surface area contributed by atoms with Gasteiger partial charge in [0.25, 0.3) is 0 Å². The van der Waals surface area contributed by atoms with E-state index in [1.54, 1.807) is 0 Å². The smallest absolute Gasteiger partial charge is 0.173 e. The molecule has 112 valence electrons. The van der Waals surface area contributed by atoms with Crippen molar-refractivity contribution >= 4 is 22.7 Å². The zero-order chi connectivity index (χ0) is 14.5. The van der Waals surface area contributed by atoms with Crippen molar-refractivity contribution in [3.63, 3.8) is 0 Å². The summed E-state index contributed by atoms with van der Waals surface area (Å²) in [5.41, 5.74) is 5.75. The molecule has 0 unspecified atom stereocenters. The average molecular weight is 301 g/mol. The molecule has 3 N–H and O–H groups in total. The summed E-state index contributed by atoms with van der Waals surface area (Å²) >= 11 is 1.24. The molecular formula is C18H25N2S+. The van der Waals surface area contributed by atoms with Gasteiger partial charge in [-0.25, -0.2) is 0 Å². The van der Waals surface area contributed by atoms with E-state index in [2.05, 4.69) is 47.2 Å². The van der Waals surface area contributed by atoms with Crippen LogP contribution in [0.4, 0.5) is 0 Å². The van der Waals surface area contributed by atoms with Crippen molar-refractivity contribution in [2.24, 2.45) is 17.6 Å². The van der Waals surface area contributed by atoms with Crippen LogP contribution in [0, 0.1) is 11.8 Å². The molecule has 0 spiro atoms. The van der Waals surface area contributed by atoms with Crippen LogP contribution in [-0.4, -0.2) is 13.1 Å². The first-order chi connectivity index (χ1) is 10.3. The summed E-state index contributed by atoms with van der Waals surface area (Å²) in [7, 11) is 0. The fourth-order valence-corrected chi connectivity index (χ4v) is 4.07. The SMILES string of the molecule is NCC1CCC(CN[SH+]c2ccc3ccccc3c2)CC1. The van der Waals surface area contributed by atoms with Crippen LogP contribution >= 0.6 is 0 Å². The highest BCUT2D eigenvalue weighted by atomic mass is 32.2. The minimum Gasteiger partial charge on any atom is -0.330 e. The minimum absolute atomic E-state index is 0.777. The first-order valence-electron chi connectivity index (χ1n) is 7.97. The Hall–Kier alpha value is -1.03. The minimum atomic E-state index is 0.777. The van der Waals surface area contributed by atoms with Crippen molar-refractivity contribution in [1.82, 2.24) is 4.72 Å². The van der Waals surface area contributed by atoms with Crippen molar-refractivity contribution in [2.45, 2.75) is 30.6 Å². The predicted octanol–water partition coefficient (Wildman–Crippen LogP) is 3.28. The van der Waals surface area contributed by atoms with Crippen LogP contribution in [-0.2, 0) is 11.9 Å². The van der Waals surface area contributed by atoms with Gasteiger partial charge >= 0.3 is 0 Å². The Morgan fingerprint density at radius 3 is 2.43 bits per heavy atom. The van der Waals surface area contributed by atoms with Gasteiger partial charge in [0.05, 0.1) is 11.9 Å². The van der Waals surface area contributed by atoms with Gasteiger partial charge < -0.3 is 5.73 Å². The van der Waals surface area contributed by atoms with Gasteiger partial charge in [-0.15, -0.1) is 4.72 Å². The number of nitrogens with one attached hydrogen (secondary N) is 1. The van der Waals surface area contributed by atoms with Gasteiger partial charge in [0, 0.05) is 12.6 Å². The summed E-state index contributed by atoms with van der Waals surface area (Å²) in [5, 5.41) is 2.64. The normalized spacial score (nSPS) is 22.5. The second-order valence-corrected chi connectivity index (χ2v) is 7.18. The Kier molecular flexibility index (Phi) is 5.17. The highest BCUT2D eigenvalue weighted by Gasteiger charge is 2.20. The van der Waals surface area contributed by atoms with Crippen molar-refractivity contribution in [3.8, 4) is 0 Å². The maximum absolute atomic E-state index is 5.75. The molecule has 0 amide bonds. The van der Waals surface area contributed by atoms with E-state index in [1.807, 2.05) is 0 Å². The molecule has 1 aliphatic carbocycles. The van der Waals surface area contributed by atoms with E-state index in [0.29, 0.717) is 0 Å². The van der Waals surface area contributed by atoms with Crippen LogP contribution in [0.2, 0.25) is 0 Å². The van der Waals surface area contributed by atoms with Crippen LogP contribution in [0.1, 0.15) is 25.7 Å². The first kappa shape index (κ1) is 14.9. The quantitative estimate of drug-likeness (QED) is 0.657. The molecule has 0 radical (unpaired) electrons. The highest BCUT2D eigenvalue weighted by Crippen LogP contribution is 2.27. The van der Waals surface area contributed by atoms with Crippen molar-refractivity contribution in [3.05, 3.63) is 42.5 Å². The predicted molar refractivity (Wildman–Crippen MR) is 93.5 cm³/mol. The lowest BCUT2D eigenvalue weighted by atomic mass is 9.82. The topological polar surface area (TPSA) is 38.0 Å². The number of thiol groups is 1. The number of fused-ring (bicyclic) bond motifs is 1. The fraction of sp³-hybridized carbons (Fsp3) is 0.444. The van der Waals surface area contributed by atoms with Gasteiger partial charge in [-0.05, 0) is 67.0 Å². The van der Waals surface area contributed by atoms with Crippen molar-refractivity contribution in [2.75, 3.05) is 13.1 Å². The summed E-state index contributed by atoms with van der Waals surface area (Å²) in [6.45, 7) is 2.00. The largest absolute Gasteiger partial charge is 0.330 e. The number of rotatable bonds is 5. The van der Waals surface area contributed by atoms with E-state index in [-0.39, 0.29) is 0 Å². The molecule has 3 rings (SSSR count). The summed E-state index contributed by atoms with van der Waals surface area (Å²) in [4.78, 5) is 1.35. The summed E-state index contributed by atoms with van der Waals surface area (Å²) in [6, 6.07) is 15.3. The lowest BCUT2D eigenvalue weighted by molar-refractivity contribution is 0.281. The molecule has 0 atom stereocenters. The van der Waals surface area contributed by atoms with E-state index in [9.17, 15) is 0 Å². The standard InChI is InChI=1S/C18H24N2S/c19-12-14-5-7-15(8-6-14)13-20-21-18-10-9-16-3-1-2-4-17(16)11-18/h1-4,9-11,14-15,20H,5-8,12-13,19H2/p+1. The van der Waals surface area contributed by atoms with Crippen LogP contribution in [0.5, 0.6) is 0 Å². The summed E-state index contributed by atoms with van der Waals surface area (Å²) in [6.07, 6.45) is 5.30. The summed E-state index contributed by atoms with van der Waals surface area (Å²) in [5.74, 6) is 1.61. The first-order valence-corrected chi connectivity index (χ1v) is 8.87. The van der Waals surface area contributed by atoms with Gasteiger partial charge in [-0.2, -0.15) is 0 Å². The zero-order valence-corrected chi connectivity index (χ0v) is 13.4. The Labute approximate surface area is 131 Å². The molecular weight excluding hydrogens is 276 g/mol. The maximum Gasteiger partial charge on any atom is 0.173 e. The third-order valence-electron chi connectivity index (χ3n) is 4.62. The zero-order valence-electron chi connectivity index (χ0n) is 12.5. The Balaban J connectivity index is 1.48. The molecule has 2 aromatic rings. The number of hydrogen-bond acceptors (Lipinski definition) is 2. The molecule has 0 aromatic heterocycles. The van der Waals surface area contributed by atoms with Crippen LogP contribution < -0.4 is 10.5 Å². The second-order valence-electron chi connectivity index (χ2n) is 6.13. The lowest BCUT2D eigenvalue weighted by Gasteiger charge is -2.26. The molecule has 2 aromatic carbocycles. The van der Waals surface area contributed by atoms with E-state index in [4.69, 9.17) is 5.73 Å². The van der Waals surface area contributed by atoms with Gasteiger partial charge in [0.1, 0.15) is 0 Å². The molecule has 21 heavy (non-hydrogen) atoms. The van der Waals surface area contributed by atoms with E-state index in [1.165, 1.54) is 53.3 Å². The Morgan fingerprint density at radius 1 is 0.952 bits per heavy atom. The third kappa shape index (κ3) is 4.00. The molecule has 1 aliphatic rings. The molecule has 0 bridgehead atoms. The highest BCUT2D eigenvalue weighted by molar-refractivity contribution is 7.76. The van der Waals surface area contributed by atoms with Crippen molar-refractivity contribution in [1.29, 1.82) is 0 Å². The molecule has 0 saturated heterocycles. The number of nitrogens with two attached hydrogens (primary N) is 1. The van der Waals surface area contributed by atoms with Crippen LogP contribution in [0.15, 0.2) is 47.4 Å². The molecule has 3 heteroatoms. The second kappa shape index (κ2) is 7.30.